The molecule has 2 spiro atoms. The van der Waals surface area contributed by atoms with Gasteiger partial charge >= 0.3 is 5.97 Å². The van der Waals surface area contributed by atoms with E-state index < -0.39 is 69.7 Å². The minimum absolute atomic E-state index is 0.0542. The van der Waals surface area contributed by atoms with Gasteiger partial charge in [-0.05, 0) is 68.1 Å². The monoisotopic (exact) mass is 591 g/mol. The van der Waals surface area contributed by atoms with Crippen molar-refractivity contribution < 1.29 is 38.9 Å². The first kappa shape index (κ1) is 28.9. The van der Waals surface area contributed by atoms with Crippen LogP contribution in [0.15, 0.2) is 36.4 Å². The van der Waals surface area contributed by atoms with Crippen molar-refractivity contribution >= 4 is 23.4 Å². The van der Waals surface area contributed by atoms with E-state index in [0.717, 1.165) is 5.56 Å². The summed E-state index contributed by atoms with van der Waals surface area (Å²) in [5, 5.41) is 24.2. The summed E-state index contributed by atoms with van der Waals surface area (Å²) >= 11 is 0. The number of aryl methyl sites for hydroxylation is 1. The van der Waals surface area contributed by atoms with Crippen molar-refractivity contribution in [1.29, 1.82) is 0 Å². The van der Waals surface area contributed by atoms with Gasteiger partial charge in [0.15, 0.2) is 5.78 Å². The number of carbonyl (C=O) groups excluding carboxylic acids is 4. The van der Waals surface area contributed by atoms with Gasteiger partial charge in [-0.25, -0.2) is 0 Å². The van der Waals surface area contributed by atoms with Crippen LogP contribution in [0.25, 0.3) is 0 Å². The van der Waals surface area contributed by atoms with Crippen LogP contribution >= 0.6 is 0 Å². The summed E-state index contributed by atoms with van der Waals surface area (Å²) in [6, 6.07) is 7.40. The van der Waals surface area contributed by atoms with Crippen LogP contribution in [0.4, 0.5) is 0 Å². The second kappa shape index (κ2) is 9.31. The molecule has 7 fully saturated rings. The maximum Gasteiger partial charge on any atom is 0.309 e. The molecule has 3 saturated heterocycles. The lowest BCUT2D eigenvalue weighted by atomic mass is 9.36. The molecule has 0 unspecified atom stereocenters. The number of esters is 1. The smallest absolute Gasteiger partial charge is 0.309 e. The Bertz CT molecular complexity index is 1430. The van der Waals surface area contributed by atoms with Crippen molar-refractivity contribution in [2.75, 3.05) is 19.7 Å². The SMILES string of the molecule is C=C1C(=O)[C@]23[C@H](OC(=O)C4CCN(C(=O)c5ccc(C)cc5)CC4)[C@H]1CC[C@H]2[C@@]12CO[C@]3(O)[C@@H](O)[C@@H]1C(C)(C)CCC2=O. The van der Waals surface area contributed by atoms with E-state index in [2.05, 4.69) is 6.58 Å². The van der Waals surface area contributed by atoms with E-state index in [9.17, 15) is 29.4 Å². The lowest BCUT2D eigenvalue weighted by Crippen LogP contribution is -2.85. The second-order valence-corrected chi connectivity index (χ2v) is 14.6. The molecule has 4 aliphatic carbocycles. The maximum absolute atomic E-state index is 14.3. The third-order valence-corrected chi connectivity index (χ3v) is 12.3. The number of aliphatic hydroxyl groups excluding tert-OH is 1. The van der Waals surface area contributed by atoms with E-state index in [1.54, 1.807) is 17.0 Å². The molecule has 4 bridgehead atoms. The molecule has 0 aromatic heterocycles. The molecule has 7 aliphatic rings. The molecule has 3 heterocycles. The molecule has 3 aliphatic heterocycles. The van der Waals surface area contributed by atoms with Gasteiger partial charge in [0.05, 0.1) is 17.9 Å². The Morgan fingerprint density at radius 2 is 1.74 bits per heavy atom. The topological polar surface area (TPSA) is 130 Å². The summed E-state index contributed by atoms with van der Waals surface area (Å²) in [6.45, 7) is 10.7. The van der Waals surface area contributed by atoms with Gasteiger partial charge < -0.3 is 24.6 Å². The third kappa shape index (κ3) is 3.50. The van der Waals surface area contributed by atoms with Crippen LogP contribution in [0.5, 0.6) is 0 Å². The zero-order chi connectivity index (χ0) is 30.7. The molecule has 1 amide bonds. The van der Waals surface area contributed by atoms with Crippen molar-refractivity contribution in [2.45, 2.75) is 77.3 Å². The van der Waals surface area contributed by atoms with E-state index in [1.165, 1.54) is 0 Å². The Hall–Kier alpha value is -2.88. The number of carbonyl (C=O) groups is 4. The van der Waals surface area contributed by atoms with Crippen molar-refractivity contribution in [3.63, 3.8) is 0 Å². The average Bonchev–Trinajstić information content (AvgIpc) is 3.10. The van der Waals surface area contributed by atoms with Crippen LogP contribution in [-0.4, -0.2) is 76.2 Å². The first-order valence-electron chi connectivity index (χ1n) is 15.7. The number of ketones is 2. The van der Waals surface area contributed by atoms with Crippen molar-refractivity contribution in [2.24, 2.45) is 39.9 Å². The predicted octanol–water partition coefficient (Wildman–Crippen LogP) is 3.00. The van der Waals surface area contributed by atoms with Gasteiger partial charge in [-0.3, -0.25) is 19.2 Å². The van der Waals surface area contributed by atoms with Gasteiger partial charge in [-0.2, -0.15) is 0 Å². The van der Waals surface area contributed by atoms with Crippen LogP contribution in [0, 0.1) is 46.8 Å². The van der Waals surface area contributed by atoms with E-state index in [0.29, 0.717) is 57.2 Å². The van der Waals surface area contributed by atoms with Crippen LogP contribution in [0.1, 0.15) is 68.3 Å². The molecule has 230 valence electrons. The average molecular weight is 592 g/mol. The van der Waals surface area contributed by atoms with Crippen LogP contribution < -0.4 is 0 Å². The number of hydrogen-bond acceptors (Lipinski definition) is 8. The molecule has 2 N–H and O–H groups in total. The minimum Gasteiger partial charge on any atom is -0.460 e. The van der Waals surface area contributed by atoms with Crippen molar-refractivity contribution in [3.8, 4) is 0 Å². The Morgan fingerprint density at radius 1 is 1.07 bits per heavy atom. The fourth-order valence-electron chi connectivity index (χ4n) is 10.2. The molecule has 9 heteroatoms. The van der Waals surface area contributed by atoms with Crippen LogP contribution in [0.3, 0.4) is 0 Å². The number of Topliss-reactive ketones (excluding diaryl/α,β-unsaturated/α-hetero) is 2. The quantitative estimate of drug-likeness (QED) is 0.405. The number of amides is 1. The lowest BCUT2D eigenvalue weighted by molar-refractivity contribution is -0.437. The van der Waals surface area contributed by atoms with Gasteiger partial charge in [0.2, 0.25) is 5.79 Å². The first-order valence-corrected chi connectivity index (χ1v) is 15.7. The van der Waals surface area contributed by atoms with Crippen LogP contribution in [-0.2, 0) is 23.9 Å². The molecule has 8 atom stereocenters. The number of likely N-dealkylation sites (tertiary alicyclic amines) is 1. The Balaban J connectivity index is 1.18. The standard InChI is InChI=1S/C34H41NO8/c1-18-5-7-20(8-6-18)29(39)35-15-12-21(13-16-35)30(40)43-28-22-9-10-23-32-17-42-34(41,33(23,28)26(37)19(22)2)27(38)25(32)31(3,4)14-11-24(32)36/h5-8,21-23,25,27-28,38,41H,2,9-17H2,1,3-4H3/t22-,23-,25+,27-,28+,32+,33-,34+/m0/s1. The summed E-state index contributed by atoms with van der Waals surface area (Å²) in [6.07, 6.45) is 0.0320. The van der Waals surface area contributed by atoms with Crippen molar-refractivity contribution in [1.82, 2.24) is 4.90 Å². The van der Waals surface area contributed by atoms with Crippen LogP contribution in [0.2, 0.25) is 0 Å². The number of nitrogens with zero attached hydrogens (tertiary/aromatic N) is 1. The Morgan fingerprint density at radius 3 is 2.42 bits per heavy atom. The molecular weight excluding hydrogens is 550 g/mol. The fraction of sp³-hybridized carbons (Fsp3) is 0.647. The molecule has 1 aromatic rings. The predicted molar refractivity (Wildman–Crippen MR) is 153 cm³/mol. The zero-order valence-electron chi connectivity index (χ0n) is 25.1. The Labute approximate surface area is 251 Å². The van der Waals surface area contributed by atoms with E-state index in [1.807, 2.05) is 32.9 Å². The minimum atomic E-state index is -2.32. The summed E-state index contributed by atoms with van der Waals surface area (Å²) in [5.74, 6) is -5.68. The zero-order valence-corrected chi connectivity index (χ0v) is 25.1. The maximum atomic E-state index is 14.3. The number of piperidine rings is 1. The molecule has 8 rings (SSSR count). The van der Waals surface area contributed by atoms with Crippen molar-refractivity contribution in [3.05, 3.63) is 47.5 Å². The van der Waals surface area contributed by atoms with Gasteiger partial charge in [0.1, 0.15) is 23.4 Å². The van der Waals surface area contributed by atoms with E-state index >= 15 is 0 Å². The summed E-state index contributed by atoms with van der Waals surface area (Å²) < 4.78 is 12.3. The Kier molecular flexibility index (Phi) is 6.25. The summed E-state index contributed by atoms with van der Waals surface area (Å²) in [4.78, 5) is 56.7. The number of rotatable bonds is 3. The number of fused-ring (bicyclic) bond motifs is 2. The highest BCUT2D eigenvalue weighted by molar-refractivity contribution is 6.06. The normalized spacial score (nSPS) is 41.6. The third-order valence-electron chi connectivity index (χ3n) is 12.3. The highest BCUT2D eigenvalue weighted by Crippen LogP contribution is 2.76. The summed E-state index contributed by atoms with van der Waals surface area (Å²) in [5.41, 5.74) is -1.52. The highest BCUT2D eigenvalue weighted by atomic mass is 16.6. The number of ether oxygens (including phenoxy) is 2. The molecule has 1 aromatic carbocycles. The number of benzene rings is 1. The molecular formula is C34H41NO8. The number of aliphatic hydroxyl groups is 2. The first-order chi connectivity index (χ1) is 20.3. The van der Waals surface area contributed by atoms with Gasteiger partial charge in [-0.15, -0.1) is 0 Å². The molecule has 4 saturated carbocycles. The van der Waals surface area contributed by atoms with E-state index in [-0.39, 0.29) is 23.9 Å². The molecule has 0 radical (unpaired) electrons. The summed E-state index contributed by atoms with van der Waals surface area (Å²) in [7, 11) is 0. The lowest BCUT2D eigenvalue weighted by Gasteiger charge is -2.73. The van der Waals surface area contributed by atoms with E-state index in [4.69, 9.17) is 9.47 Å². The van der Waals surface area contributed by atoms with Gasteiger partial charge in [0, 0.05) is 36.9 Å². The fourth-order valence-corrected chi connectivity index (χ4v) is 10.2. The van der Waals surface area contributed by atoms with Gasteiger partial charge in [-0.1, -0.05) is 38.1 Å². The highest BCUT2D eigenvalue weighted by Gasteiger charge is 2.88. The molecule has 43 heavy (non-hydrogen) atoms. The second-order valence-electron chi connectivity index (χ2n) is 14.6. The number of hydrogen-bond donors (Lipinski definition) is 2. The molecule has 9 nitrogen and oxygen atoms in total. The van der Waals surface area contributed by atoms with Gasteiger partial charge in [0.25, 0.3) is 5.91 Å². The largest absolute Gasteiger partial charge is 0.460 e.